The molecule has 19 heavy (non-hydrogen) atoms. The molecular weight excluding hydrogens is 242 g/mol. The zero-order chi connectivity index (χ0) is 14.6. The first-order valence-corrected chi connectivity index (χ1v) is 6.35. The van der Waals surface area contributed by atoms with Crippen molar-refractivity contribution < 1.29 is 14.7 Å². The molecule has 1 aromatic carbocycles. The number of anilines is 1. The van der Waals surface area contributed by atoms with Gasteiger partial charge in [-0.05, 0) is 37.5 Å². The molecule has 4 nitrogen and oxygen atoms in total. The van der Waals surface area contributed by atoms with Crippen molar-refractivity contribution in [3.8, 4) is 0 Å². The van der Waals surface area contributed by atoms with Crippen molar-refractivity contribution in [3.05, 3.63) is 29.8 Å². The summed E-state index contributed by atoms with van der Waals surface area (Å²) in [4.78, 5) is 23.3. The lowest BCUT2D eigenvalue weighted by Gasteiger charge is -2.28. The van der Waals surface area contributed by atoms with Crippen LogP contribution in [-0.4, -0.2) is 17.0 Å². The highest BCUT2D eigenvalue weighted by molar-refractivity contribution is 5.94. The van der Waals surface area contributed by atoms with Crippen LogP contribution in [0.3, 0.4) is 0 Å². The first kappa shape index (κ1) is 15.2. The second-order valence-corrected chi connectivity index (χ2v) is 5.47. The lowest BCUT2D eigenvalue weighted by atomic mass is 9.76. The van der Waals surface area contributed by atoms with Crippen LogP contribution in [0.15, 0.2) is 24.3 Å². The number of nitrogens with one attached hydrogen (secondary N) is 1. The Morgan fingerprint density at radius 2 is 2.00 bits per heavy atom. The largest absolute Gasteiger partial charge is 0.481 e. The fourth-order valence-electron chi connectivity index (χ4n) is 1.79. The number of carboxylic acid groups (broad SMARTS) is 1. The van der Waals surface area contributed by atoms with Crippen LogP contribution in [0.25, 0.3) is 0 Å². The predicted octanol–water partition coefficient (Wildman–Crippen LogP) is 3.07. The van der Waals surface area contributed by atoms with Crippen molar-refractivity contribution in [3.63, 3.8) is 0 Å². The number of benzene rings is 1. The number of hydrogen-bond donors (Lipinski definition) is 2. The number of aryl methyl sites for hydroxylation is 1. The van der Waals surface area contributed by atoms with E-state index in [4.69, 9.17) is 0 Å². The number of carbonyl (C=O) groups excluding carboxylic acids is 1. The van der Waals surface area contributed by atoms with Crippen LogP contribution in [0.4, 0.5) is 5.69 Å². The highest BCUT2D eigenvalue weighted by Gasteiger charge is 2.38. The Balaban J connectivity index is 2.77. The quantitative estimate of drug-likeness (QED) is 0.858. The minimum absolute atomic E-state index is 0.0338. The molecule has 0 radical (unpaired) electrons. The molecule has 0 bridgehead atoms. The Hall–Kier alpha value is -1.84. The van der Waals surface area contributed by atoms with Gasteiger partial charge in [0.2, 0.25) is 5.91 Å². The maximum absolute atomic E-state index is 12.0. The third kappa shape index (κ3) is 3.81. The average Bonchev–Trinajstić information content (AvgIpc) is 2.27. The summed E-state index contributed by atoms with van der Waals surface area (Å²) in [6, 6.07) is 7.43. The molecule has 104 valence electrons. The van der Waals surface area contributed by atoms with Crippen LogP contribution in [0.1, 0.15) is 32.8 Å². The van der Waals surface area contributed by atoms with E-state index < -0.39 is 11.4 Å². The monoisotopic (exact) mass is 263 g/mol. The molecule has 4 heteroatoms. The van der Waals surface area contributed by atoms with Gasteiger partial charge in [0.05, 0.1) is 5.41 Å². The van der Waals surface area contributed by atoms with E-state index in [-0.39, 0.29) is 18.2 Å². The molecule has 0 heterocycles. The number of aliphatic carboxylic acids is 1. The summed E-state index contributed by atoms with van der Waals surface area (Å²) in [6.07, 6.45) is -0.0338. The molecule has 1 aromatic rings. The van der Waals surface area contributed by atoms with Crippen molar-refractivity contribution >= 4 is 17.6 Å². The summed E-state index contributed by atoms with van der Waals surface area (Å²) in [7, 11) is 0. The minimum atomic E-state index is -1.05. The van der Waals surface area contributed by atoms with Gasteiger partial charge in [-0.2, -0.15) is 0 Å². The van der Waals surface area contributed by atoms with E-state index in [1.54, 1.807) is 13.0 Å². The molecule has 1 amide bonds. The molecule has 0 saturated heterocycles. The van der Waals surface area contributed by atoms with Crippen LogP contribution in [-0.2, 0) is 9.59 Å². The molecule has 2 N–H and O–H groups in total. The molecule has 0 aromatic heterocycles. The Morgan fingerprint density at radius 1 is 1.37 bits per heavy atom. The van der Waals surface area contributed by atoms with Crippen molar-refractivity contribution in [2.45, 2.75) is 34.1 Å². The lowest BCUT2D eigenvalue weighted by Crippen LogP contribution is -2.37. The molecule has 1 rings (SSSR count). The number of amides is 1. The van der Waals surface area contributed by atoms with E-state index >= 15 is 0 Å². The van der Waals surface area contributed by atoms with Crippen molar-refractivity contribution in [2.24, 2.45) is 11.3 Å². The first-order valence-electron chi connectivity index (χ1n) is 6.35. The smallest absolute Gasteiger partial charge is 0.310 e. The number of hydrogen-bond acceptors (Lipinski definition) is 2. The Bertz CT molecular complexity index is 482. The average molecular weight is 263 g/mol. The van der Waals surface area contributed by atoms with Gasteiger partial charge in [0.15, 0.2) is 0 Å². The number of rotatable bonds is 5. The minimum Gasteiger partial charge on any atom is -0.481 e. The second-order valence-electron chi connectivity index (χ2n) is 5.47. The highest BCUT2D eigenvalue weighted by atomic mass is 16.4. The van der Waals surface area contributed by atoms with Crippen LogP contribution in [0, 0.1) is 18.3 Å². The van der Waals surface area contributed by atoms with E-state index in [1.165, 1.54) is 0 Å². The lowest BCUT2D eigenvalue weighted by molar-refractivity contribution is -0.153. The Kier molecular flexibility index (Phi) is 4.70. The fourth-order valence-corrected chi connectivity index (χ4v) is 1.79. The third-order valence-electron chi connectivity index (χ3n) is 3.59. The molecular formula is C15H21NO3. The Morgan fingerprint density at radius 3 is 2.47 bits per heavy atom. The van der Waals surface area contributed by atoms with Crippen molar-refractivity contribution in [1.82, 2.24) is 0 Å². The Labute approximate surface area is 113 Å². The molecule has 0 aliphatic heterocycles. The summed E-state index contributed by atoms with van der Waals surface area (Å²) in [5, 5.41) is 12.0. The summed E-state index contributed by atoms with van der Waals surface area (Å²) < 4.78 is 0. The topological polar surface area (TPSA) is 66.4 Å². The van der Waals surface area contributed by atoms with Gasteiger partial charge < -0.3 is 10.4 Å². The van der Waals surface area contributed by atoms with Gasteiger partial charge >= 0.3 is 5.97 Å². The van der Waals surface area contributed by atoms with Crippen LogP contribution < -0.4 is 5.32 Å². The standard InChI is InChI=1S/C15H21NO3/c1-10(2)15(4,14(18)19)9-13(17)16-12-7-5-6-11(3)8-12/h5-8,10H,9H2,1-4H3,(H,16,17)(H,18,19). The predicted molar refractivity (Wildman–Crippen MR) is 75.0 cm³/mol. The maximum atomic E-state index is 12.0. The fraction of sp³-hybridized carbons (Fsp3) is 0.467. The van der Waals surface area contributed by atoms with Gasteiger partial charge in [-0.25, -0.2) is 0 Å². The van der Waals surface area contributed by atoms with Gasteiger partial charge in [-0.3, -0.25) is 9.59 Å². The van der Waals surface area contributed by atoms with Gasteiger partial charge in [0.1, 0.15) is 0 Å². The van der Waals surface area contributed by atoms with Crippen molar-refractivity contribution in [1.29, 1.82) is 0 Å². The van der Waals surface area contributed by atoms with Crippen LogP contribution in [0.5, 0.6) is 0 Å². The molecule has 0 spiro atoms. The van der Waals surface area contributed by atoms with E-state index in [0.717, 1.165) is 5.56 Å². The number of carbonyl (C=O) groups is 2. The first-order chi connectivity index (χ1) is 8.75. The van der Waals surface area contributed by atoms with Gasteiger partial charge in [0.25, 0.3) is 0 Å². The van der Waals surface area contributed by atoms with Gasteiger partial charge in [-0.1, -0.05) is 26.0 Å². The summed E-state index contributed by atoms with van der Waals surface area (Å²) in [5.41, 5.74) is 0.692. The molecule has 0 aliphatic rings. The van der Waals surface area contributed by atoms with Crippen molar-refractivity contribution in [2.75, 3.05) is 5.32 Å². The zero-order valence-corrected chi connectivity index (χ0v) is 11.9. The summed E-state index contributed by atoms with van der Waals surface area (Å²) in [6.45, 7) is 7.17. The maximum Gasteiger partial charge on any atom is 0.310 e. The van der Waals surface area contributed by atoms with Gasteiger partial charge in [-0.15, -0.1) is 0 Å². The van der Waals surface area contributed by atoms with E-state index in [0.29, 0.717) is 5.69 Å². The highest BCUT2D eigenvalue weighted by Crippen LogP contribution is 2.31. The zero-order valence-electron chi connectivity index (χ0n) is 11.9. The molecule has 0 saturated carbocycles. The molecule has 0 fully saturated rings. The van der Waals surface area contributed by atoms with Crippen LogP contribution >= 0.6 is 0 Å². The molecule has 1 atom stereocenters. The summed E-state index contributed by atoms with van der Waals surface area (Å²) >= 11 is 0. The second kappa shape index (κ2) is 5.87. The van der Waals surface area contributed by atoms with E-state index in [9.17, 15) is 14.7 Å². The normalized spacial score (nSPS) is 13.9. The summed E-state index contributed by atoms with van der Waals surface area (Å²) in [5.74, 6) is -1.33. The van der Waals surface area contributed by atoms with Gasteiger partial charge in [0, 0.05) is 12.1 Å². The molecule has 1 unspecified atom stereocenters. The number of carboxylic acids is 1. The molecule has 0 aliphatic carbocycles. The van der Waals surface area contributed by atoms with E-state index in [2.05, 4.69) is 5.32 Å². The van der Waals surface area contributed by atoms with Crippen LogP contribution in [0.2, 0.25) is 0 Å². The SMILES string of the molecule is Cc1cccc(NC(=O)CC(C)(C(=O)O)C(C)C)c1. The third-order valence-corrected chi connectivity index (χ3v) is 3.59. The van der Waals surface area contributed by atoms with E-state index in [1.807, 2.05) is 39.0 Å².